The Hall–Kier alpha value is -1.99. The average Bonchev–Trinajstić information content (AvgIpc) is 2.65. The Morgan fingerprint density at radius 1 is 1.27 bits per heavy atom. The number of rotatable bonds is 7. The first kappa shape index (κ1) is 24.3. The summed E-state index contributed by atoms with van der Waals surface area (Å²) in [7, 11) is 0. The van der Waals surface area contributed by atoms with E-state index in [1.165, 1.54) is 31.2 Å². The maximum Gasteiger partial charge on any atom is 0.392 e. The van der Waals surface area contributed by atoms with Gasteiger partial charge in [-0.3, -0.25) is 9.59 Å². The molecule has 2 rings (SSSR count). The monoisotopic (exact) mass is 463 g/mol. The number of hydrogen-bond acceptors (Lipinski definition) is 2. The standard InChI is InChI=1S/C21H22Cl2F3NO3/c1-11(20(29)30)9-13-3-8-16(23)17(10-13)27-19(28)18(12(2)21(24,25)26)14-4-6-15(22)7-5-14/h3-4,6-8,10-12,14,18H,5,9H2,1-2H3,(H,27,28)(H,29,30)/t11-,12-,14?,18+/m1/s1. The van der Waals surface area contributed by atoms with Gasteiger partial charge in [-0.15, -0.1) is 0 Å². The number of carbonyl (C=O) groups is 2. The molecule has 0 saturated carbocycles. The largest absolute Gasteiger partial charge is 0.481 e. The van der Waals surface area contributed by atoms with Crippen LogP contribution in [0, 0.1) is 23.7 Å². The maximum atomic E-state index is 13.5. The van der Waals surface area contributed by atoms with E-state index in [1.807, 2.05) is 0 Å². The van der Waals surface area contributed by atoms with Gasteiger partial charge in [0.05, 0.1) is 28.5 Å². The van der Waals surface area contributed by atoms with Crippen LogP contribution in [0.3, 0.4) is 0 Å². The van der Waals surface area contributed by atoms with Crippen molar-refractivity contribution in [3.8, 4) is 0 Å². The Kier molecular flexibility index (Phi) is 7.99. The van der Waals surface area contributed by atoms with E-state index in [2.05, 4.69) is 5.32 Å². The van der Waals surface area contributed by atoms with Crippen molar-refractivity contribution in [1.82, 2.24) is 0 Å². The molecule has 1 amide bonds. The molecule has 1 aliphatic rings. The molecule has 4 nitrogen and oxygen atoms in total. The molecule has 0 fully saturated rings. The quantitative estimate of drug-likeness (QED) is 0.516. The molecule has 0 bridgehead atoms. The average molecular weight is 464 g/mol. The van der Waals surface area contributed by atoms with Gasteiger partial charge in [-0.05, 0) is 42.5 Å². The van der Waals surface area contributed by atoms with Crippen LogP contribution in [0.15, 0.2) is 41.5 Å². The minimum absolute atomic E-state index is 0.143. The Balaban J connectivity index is 2.28. The highest BCUT2D eigenvalue weighted by atomic mass is 35.5. The topological polar surface area (TPSA) is 66.4 Å². The van der Waals surface area contributed by atoms with Crippen LogP contribution in [0.25, 0.3) is 0 Å². The summed E-state index contributed by atoms with van der Waals surface area (Å²) >= 11 is 12.0. The first-order chi connectivity index (χ1) is 13.9. The van der Waals surface area contributed by atoms with Gasteiger partial charge in [-0.1, -0.05) is 55.3 Å². The second kappa shape index (κ2) is 9.88. The lowest BCUT2D eigenvalue weighted by molar-refractivity contribution is -0.188. The second-order valence-electron chi connectivity index (χ2n) is 7.45. The number of halogens is 5. The summed E-state index contributed by atoms with van der Waals surface area (Å²) in [5, 5.41) is 12.1. The van der Waals surface area contributed by atoms with Crippen molar-refractivity contribution in [3.05, 3.63) is 52.0 Å². The summed E-state index contributed by atoms with van der Waals surface area (Å²) in [5.74, 6) is -6.43. The van der Waals surface area contributed by atoms with Crippen LogP contribution >= 0.6 is 23.2 Å². The van der Waals surface area contributed by atoms with E-state index in [0.29, 0.717) is 10.6 Å². The zero-order valence-corrected chi connectivity index (χ0v) is 17.9. The molecule has 9 heteroatoms. The number of allylic oxidation sites excluding steroid dienone is 4. The molecule has 0 saturated heterocycles. The Morgan fingerprint density at radius 2 is 1.93 bits per heavy atom. The molecule has 164 valence electrons. The number of aliphatic carboxylic acids is 1. The van der Waals surface area contributed by atoms with Gasteiger partial charge in [-0.2, -0.15) is 13.2 Å². The minimum Gasteiger partial charge on any atom is -0.481 e. The van der Waals surface area contributed by atoms with Crippen molar-refractivity contribution in [2.75, 3.05) is 5.32 Å². The summed E-state index contributed by atoms with van der Waals surface area (Å²) in [6.45, 7) is 2.51. The molecule has 0 aliphatic heterocycles. The predicted molar refractivity (Wildman–Crippen MR) is 110 cm³/mol. The highest BCUT2D eigenvalue weighted by Gasteiger charge is 2.46. The molecule has 0 radical (unpaired) electrons. The number of nitrogens with one attached hydrogen (secondary N) is 1. The molecular weight excluding hydrogens is 442 g/mol. The molecule has 30 heavy (non-hydrogen) atoms. The van der Waals surface area contributed by atoms with Gasteiger partial charge in [0.2, 0.25) is 5.91 Å². The molecule has 0 aromatic heterocycles. The molecule has 0 heterocycles. The van der Waals surface area contributed by atoms with Crippen molar-refractivity contribution in [2.45, 2.75) is 32.9 Å². The summed E-state index contributed by atoms with van der Waals surface area (Å²) in [6.07, 6.45) is 0.408. The van der Waals surface area contributed by atoms with Gasteiger partial charge in [0.15, 0.2) is 0 Å². The fraction of sp³-hybridized carbons (Fsp3) is 0.429. The molecular formula is C21H22Cl2F3NO3. The minimum atomic E-state index is -4.57. The molecule has 0 spiro atoms. The van der Waals surface area contributed by atoms with E-state index < -0.39 is 41.7 Å². The summed E-state index contributed by atoms with van der Waals surface area (Å²) in [6, 6.07) is 4.58. The van der Waals surface area contributed by atoms with Gasteiger partial charge in [0.1, 0.15) is 0 Å². The van der Waals surface area contributed by atoms with Crippen LogP contribution < -0.4 is 5.32 Å². The van der Waals surface area contributed by atoms with Gasteiger partial charge in [0, 0.05) is 5.03 Å². The highest BCUT2D eigenvalue weighted by Crippen LogP contribution is 2.40. The zero-order chi connectivity index (χ0) is 22.6. The lowest BCUT2D eigenvalue weighted by Gasteiger charge is -2.31. The van der Waals surface area contributed by atoms with E-state index >= 15 is 0 Å². The number of alkyl halides is 3. The Morgan fingerprint density at radius 3 is 2.47 bits per heavy atom. The van der Waals surface area contributed by atoms with Crippen molar-refractivity contribution in [2.24, 2.45) is 23.7 Å². The highest BCUT2D eigenvalue weighted by molar-refractivity contribution is 6.33. The number of anilines is 1. The van der Waals surface area contributed by atoms with Gasteiger partial charge >= 0.3 is 12.1 Å². The molecule has 1 unspecified atom stereocenters. The fourth-order valence-corrected chi connectivity index (χ4v) is 3.65. The van der Waals surface area contributed by atoms with Crippen molar-refractivity contribution in [1.29, 1.82) is 0 Å². The first-order valence-corrected chi connectivity index (χ1v) is 10.1. The van der Waals surface area contributed by atoms with Crippen LogP contribution in [0.4, 0.5) is 18.9 Å². The number of amides is 1. The first-order valence-electron chi connectivity index (χ1n) is 9.32. The van der Waals surface area contributed by atoms with E-state index in [4.69, 9.17) is 28.3 Å². The number of carboxylic acid groups (broad SMARTS) is 1. The summed E-state index contributed by atoms with van der Waals surface area (Å²) in [4.78, 5) is 24.0. The molecule has 4 atom stereocenters. The van der Waals surface area contributed by atoms with E-state index in [1.54, 1.807) is 12.1 Å². The lowest BCUT2D eigenvalue weighted by atomic mass is 9.78. The van der Waals surface area contributed by atoms with Crippen LogP contribution in [0.2, 0.25) is 5.02 Å². The third kappa shape index (κ3) is 6.25. The predicted octanol–water partition coefficient (Wildman–Crippen LogP) is 6.06. The van der Waals surface area contributed by atoms with Crippen LogP contribution in [-0.4, -0.2) is 23.2 Å². The van der Waals surface area contributed by atoms with Crippen LogP contribution in [0.5, 0.6) is 0 Å². The third-order valence-corrected chi connectivity index (χ3v) is 5.77. The normalized spacial score (nSPS) is 19.6. The SMILES string of the molecule is C[C@H](Cc1ccc(Cl)c(NC(=O)[C@H](C2C=CC(Cl)=CC2)[C@@H](C)C(F)(F)F)c1)C(=O)O. The smallest absolute Gasteiger partial charge is 0.392 e. The molecule has 1 aromatic rings. The van der Waals surface area contributed by atoms with Gasteiger partial charge in [0.25, 0.3) is 0 Å². The Bertz CT molecular complexity index is 868. The summed E-state index contributed by atoms with van der Waals surface area (Å²) in [5.41, 5.74) is 0.738. The lowest BCUT2D eigenvalue weighted by Crippen LogP contribution is -2.40. The molecule has 1 aromatic carbocycles. The molecule has 1 aliphatic carbocycles. The number of hydrogen-bond donors (Lipinski definition) is 2. The van der Waals surface area contributed by atoms with Gasteiger partial charge in [-0.25, -0.2) is 0 Å². The van der Waals surface area contributed by atoms with Crippen LogP contribution in [0.1, 0.15) is 25.8 Å². The van der Waals surface area contributed by atoms with E-state index in [-0.39, 0.29) is 23.6 Å². The van der Waals surface area contributed by atoms with E-state index in [0.717, 1.165) is 6.92 Å². The third-order valence-electron chi connectivity index (χ3n) is 5.16. The molecule has 2 N–H and O–H groups in total. The Labute approximate surface area is 182 Å². The van der Waals surface area contributed by atoms with Crippen LogP contribution in [-0.2, 0) is 16.0 Å². The zero-order valence-electron chi connectivity index (χ0n) is 16.3. The fourth-order valence-electron chi connectivity index (χ4n) is 3.33. The van der Waals surface area contributed by atoms with Gasteiger partial charge < -0.3 is 10.4 Å². The maximum absolute atomic E-state index is 13.5. The number of benzene rings is 1. The van der Waals surface area contributed by atoms with Crippen molar-refractivity contribution >= 4 is 40.8 Å². The second-order valence-corrected chi connectivity index (χ2v) is 8.29. The number of carbonyl (C=O) groups excluding carboxylic acids is 1. The van der Waals surface area contributed by atoms with E-state index in [9.17, 15) is 22.8 Å². The van der Waals surface area contributed by atoms with Crippen molar-refractivity contribution in [3.63, 3.8) is 0 Å². The van der Waals surface area contributed by atoms with Crippen molar-refractivity contribution < 1.29 is 27.9 Å². The number of carboxylic acids is 1. The summed E-state index contributed by atoms with van der Waals surface area (Å²) < 4.78 is 40.4.